The molecule has 0 rings (SSSR count). The van der Waals surface area contributed by atoms with E-state index in [9.17, 15) is 19.4 Å². The van der Waals surface area contributed by atoms with Gasteiger partial charge in [0, 0.05) is 6.42 Å². The van der Waals surface area contributed by atoms with Crippen LogP contribution in [0.4, 0.5) is 0 Å². The van der Waals surface area contributed by atoms with Crippen molar-refractivity contribution in [3.63, 3.8) is 0 Å². The Morgan fingerprint density at radius 1 is 0.565 bits per heavy atom. The van der Waals surface area contributed by atoms with E-state index in [1.54, 1.807) is 6.08 Å². The van der Waals surface area contributed by atoms with Crippen molar-refractivity contribution in [1.82, 2.24) is 5.32 Å². The first kappa shape index (κ1) is 59.7. The fraction of sp³-hybridized carbons (Fsp3) is 0.717. The Morgan fingerprint density at radius 3 is 1.42 bits per heavy atom. The van der Waals surface area contributed by atoms with Crippen LogP contribution in [-0.2, 0) is 18.4 Å². The fourth-order valence-electron chi connectivity index (χ4n) is 6.69. The highest BCUT2D eigenvalue weighted by molar-refractivity contribution is 7.47. The fourth-order valence-corrected chi connectivity index (χ4v) is 7.43. The molecule has 0 spiro atoms. The normalized spacial score (nSPS) is 14.9. The van der Waals surface area contributed by atoms with Crippen LogP contribution in [0.15, 0.2) is 85.1 Å². The average molecular weight is 888 g/mol. The van der Waals surface area contributed by atoms with Crippen LogP contribution in [0.1, 0.15) is 194 Å². The molecule has 0 saturated heterocycles. The quantitative estimate of drug-likeness (QED) is 0.0244. The molecule has 1 amide bonds. The Balaban J connectivity index is 4.09. The third-order valence-corrected chi connectivity index (χ3v) is 11.6. The van der Waals surface area contributed by atoms with Crippen LogP contribution >= 0.6 is 7.82 Å². The van der Waals surface area contributed by atoms with Gasteiger partial charge in [-0.25, -0.2) is 4.57 Å². The van der Waals surface area contributed by atoms with Gasteiger partial charge < -0.3 is 19.8 Å². The third-order valence-electron chi connectivity index (χ3n) is 10.6. The summed E-state index contributed by atoms with van der Waals surface area (Å²) >= 11 is 0. The highest BCUT2D eigenvalue weighted by Gasteiger charge is 2.27. The van der Waals surface area contributed by atoms with Crippen molar-refractivity contribution < 1.29 is 32.9 Å². The Morgan fingerprint density at radius 2 is 0.968 bits per heavy atom. The topological polar surface area (TPSA) is 105 Å². The van der Waals surface area contributed by atoms with Crippen molar-refractivity contribution >= 4 is 13.7 Å². The lowest BCUT2D eigenvalue weighted by molar-refractivity contribution is -0.870. The largest absolute Gasteiger partial charge is 0.472 e. The Hall–Kier alpha value is -2.32. The number of quaternary nitrogens is 1. The number of carbonyl (C=O) groups is 1. The molecule has 358 valence electrons. The summed E-state index contributed by atoms with van der Waals surface area (Å²) in [6.07, 6.45) is 61.1. The number of hydrogen-bond donors (Lipinski definition) is 3. The van der Waals surface area contributed by atoms with Gasteiger partial charge in [-0.05, 0) is 70.6 Å². The third kappa shape index (κ3) is 45.7. The smallest absolute Gasteiger partial charge is 0.387 e. The number of likely N-dealkylation sites (N-methyl/N-ethyl adjacent to an activating group) is 1. The average Bonchev–Trinajstić information content (AvgIpc) is 3.23. The molecule has 0 saturated carbocycles. The summed E-state index contributed by atoms with van der Waals surface area (Å²) in [6, 6.07) is -0.849. The van der Waals surface area contributed by atoms with Crippen LogP contribution in [0, 0.1) is 0 Å². The molecule has 9 heteroatoms. The summed E-state index contributed by atoms with van der Waals surface area (Å²) in [5.41, 5.74) is 0. The van der Waals surface area contributed by atoms with E-state index in [1.807, 2.05) is 27.2 Å². The first-order valence-electron chi connectivity index (χ1n) is 25.0. The van der Waals surface area contributed by atoms with E-state index in [1.165, 1.54) is 96.3 Å². The number of phosphoric acid groups is 1. The lowest BCUT2D eigenvalue weighted by atomic mass is 10.0. The summed E-state index contributed by atoms with van der Waals surface area (Å²) < 4.78 is 23.5. The number of unbranched alkanes of at least 4 members (excludes halogenated alkanes) is 19. The van der Waals surface area contributed by atoms with Crippen molar-refractivity contribution in [2.75, 3.05) is 40.9 Å². The van der Waals surface area contributed by atoms with Gasteiger partial charge in [0.15, 0.2) is 0 Å². The minimum absolute atomic E-state index is 0.0576. The molecule has 0 heterocycles. The molecule has 3 unspecified atom stereocenters. The van der Waals surface area contributed by atoms with E-state index in [0.717, 1.165) is 77.0 Å². The predicted octanol–water partition coefficient (Wildman–Crippen LogP) is 14.5. The molecule has 8 nitrogen and oxygen atoms in total. The van der Waals surface area contributed by atoms with Crippen molar-refractivity contribution in [3.05, 3.63) is 85.1 Å². The molecule has 0 bridgehead atoms. The lowest BCUT2D eigenvalue weighted by Gasteiger charge is -2.25. The van der Waals surface area contributed by atoms with Crippen LogP contribution in [0.5, 0.6) is 0 Å². The second kappa shape index (κ2) is 43.9. The number of phosphoric ester groups is 1. The Kier molecular flexibility index (Phi) is 42.3. The van der Waals surface area contributed by atoms with Crippen LogP contribution in [0.3, 0.4) is 0 Å². The molecular formula is C53H96N2O6P+. The van der Waals surface area contributed by atoms with Crippen LogP contribution < -0.4 is 5.32 Å². The van der Waals surface area contributed by atoms with Gasteiger partial charge in [0.05, 0.1) is 39.9 Å². The number of rotatable bonds is 44. The molecule has 0 aliphatic rings. The van der Waals surface area contributed by atoms with Crippen molar-refractivity contribution in [2.24, 2.45) is 0 Å². The number of carbonyl (C=O) groups excluding carboxylic acids is 1. The summed E-state index contributed by atoms with van der Waals surface area (Å²) in [5, 5.41) is 13.8. The van der Waals surface area contributed by atoms with Crippen molar-refractivity contribution in [1.29, 1.82) is 0 Å². The Bertz CT molecular complexity index is 1280. The maximum atomic E-state index is 12.9. The standard InChI is InChI=1S/C53H95N2O6P/c1-6-8-10-12-14-16-17-18-19-20-21-22-23-24-25-26-27-28-29-30-31-32-33-34-35-36-37-39-41-43-45-47-53(57)54-51(50-61-62(58,59)60-49-48-55(3,4)5)52(56)46-44-42-40-38-15-13-11-9-7-2/h8,10,14,16,18-19,21-22,24-25,27-28,44,46,51-52,56H,6-7,9,11-13,15,17,20,23,26,29-43,45,47-50H2,1-5H3,(H-,54,57,58,59)/p+1/b10-8-,16-14-,19-18-,22-21-,25-24-,28-27-,46-44+. The molecule has 0 aromatic rings. The second-order valence-corrected chi connectivity index (χ2v) is 19.3. The number of hydrogen-bond acceptors (Lipinski definition) is 5. The van der Waals surface area contributed by atoms with Gasteiger partial charge in [0.25, 0.3) is 0 Å². The molecule has 3 N–H and O–H groups in total. The number of aliphatic hydroxyl groups is 1. The first-order valence-corrected chi connectivity index (χ1v) is 26.5. The molecule has 0 aliphatic heterocycles. The maximum absolute atomic E-state index is 12.9. The van der Waals surface area contributed by atoms with Crippen LogP contribution in [0.2, 0.25) is 0 Å². The zero-order chi connectivity index (χ0) is 45.7. The maximum Gasteiger partial charge on any atom is 0.472 e. The van der Waals surface area contributed by atoms with Gasteiger partial charge in [-0.1, -0.05) is 202 Å². The Labute approximate surface area is 382 Å². The predicted molar refractivity (Wildman–Crippen MR) is 267 cm³/mol. The van der Waals surface area contributed by atoms with Crippen molar-refractivity contribution in [2.45, 2.75) is 206 Å². The summed E-state index contributed by atoms with van der Waals surface area (Å²) in [7, 11) is 1.56. The lowest BCUT2D eigenvalue weighted by Crippen LogP contribution is -2.45. The minimum atomic E-state index is -4.34. The molecule has 0 aromatic heterocycles. The molecule has 0 aromatic carbocycles. The second-order valence-electron chi connectivity index (χ2n) is 17.8. The number of amides is 1. The first-order chi connectivity index (χ1) is 30.0. The summed E-state index contributed by atoms with van der Waals surface area (Å²) in [5.74, 6) is -0.186. The highest BCUT2D eigenvalue weighted by atomic mass is 31.2. The van der Waals surface area contributed by atoms with Gasteiger partial charge in [0.1, 0.15) is 13.2 Å². The van der Waals surface area contributed by atoms with Gasteiger partial charge >= 0.3 is 7.82 Å². The molecule has 3 atom stereocenters. The van der Waals surface area contributed by atoms with Gasteiger partial charge in [-0.15, -0.1) is 0 Å². The zero-order valence-corrected chi connectivity index (χ0v) is 41.5. The molecule has 0 radical (unpaired) electrons. The summed E-state index contributed by atoms with van der Waals surface area (Å²) in [6.45, 7) is 4.65. The highest BCUT2D eigenvalue weighted by Crippen LogP contribution is 2.43. The van der Waals surface area contributed by atoms with E-state index in [0.29, 0.717) is 17.4 Å². The summed E-state index contributed by atoms with van der Waals surface area (Å²) in [4.78, 5) is 23.1. The number of aliphatic hydroxyl groups excluding tert-OH is 1. The van der Waals surface area contributed by atoms with Gasteiger partial charge in [-0.3, -0.25) is 13.8 Å². The molecule has 0 aliphatic carbocycles. The van der Waals surface area contributed by atoms with Gasteiger partial charge in [-0.2, -0.15) is 0 Å². The van der Waals surface area contributed by atoms with E-state index in [2.05, 4.69) is 92.1 Å². The van der Waals surface area contributed by atoms with Gasteiger partial charge in [0.2, 0.25) is 5.91 Å². The SMILES string of the molecule is CC/C=C\C/C=C\C/C=C\C/C=C\C/C=C\C/C=C\CCCCCCCCCCCCCCC(=O)NC(COP(=O)(O)OCC[N+](C)(C)C)C(O)/C=C/CCCCCCCCC. The van der Waals surface area contributed by atoms with E-state index < -0.39 is 20.0 Å². The molecular weight excluding hydrogens is 792 g/mol. The van der Waals surface area contributed by atoms with Crippen LogP contribution in [0.25, 0.3) is 0 Å². The van der Waals surface area contributed by atoms with Crippen molar-refractivity contribution in [3.8, 4) is 0 Å². The molecule has 62 heavy (non-hydrogen) atoms. The van der Waals surface area contributed by atoms with E-state index in [4.69, 9.17) is 9.05 Å². The van der Waals surface area contributed by atoms with E-state index in [-0.39, 0.29) is 19.1 Å². The van der Waals surface area contributed by atoms with Crippen LogP contribution in [-0.4, -0.2) is 73.4 Å². The monoisotopic (exact) mass is 888 g/mol. The number of nitrogens with one attached hydrogen (secondary N) is 1. The zero-order valence-electron chi connectivity index (χ0n) is 40.6. The number of allylic oxidation sites excluding steroid dienone is 13. The minimum Gasteiger partial charge on any atom is -0.387 e. The van der Waals surface area contributed by atoms with E-state index >= 15 is 0 Å². The molecule has 0 fully saturated rings. The number of nitrogens with zero attached hydrogens (tertiary/aromatic N) is 1.